The first-order chi connectivity index (χ1) is 14.2. The molecule has 0 bridgehead atoms. The molecule has 5 nitrogen and oxygen atoms in total. The maximum absolute atomic E-state index is 11.2. The van der Waals surface area contributed by atoms with E-state index < -0.39 is 0 Å². The zero-order chi connectivity index (χ0) is 19.8. The number of anilines is 1. The zero-order valence-corrected chi connectivity index (χ0v) is 15.7. The lowest BCUT2D eigenvalue weighted by Gasteiger charge is -2.37. The number of allylic oxidation sites excluding steroid dienone is 2. The van der Waals surface area contributed by atoms with Crippen LogP contribution in [-0.2, 0) is 0 Å². The molecule has 5 rings (SSSR count). The molecule has 0 saturated carbocycles. The highest BCUT2D eigenvalue weighted by Crippen LogP contribution is 2.50. The SMILES string of the molecule is O=[N+]([O-])c1cccc(C2Nc3ccc(Oc4ccccc4)cc3C3C=CCC32)c1. The number of non-ortho nitro benzene ring substituents is 1. The van der Waals surface area contributed by atoms with Crippen LogP contribution in [0.15, 0.2) is 84.9 Å². The van der Waals surface area contributed by atoms with Gasteiger partial charge in [0.2, 0.25) is 0 Å². The minimum absolute atomic E-state index is 0.0308. The van der Waals surface area contributed by atoms with Gasteiger partial charge in [0.1, 0.15) is 11.5 Å². The number of nitro groups is 1. The normalized spacial score (nSPS) is 21.7. The van der Waals surface area contributed by atoms with Crippen LogP contribution in [0.2, 0.25) is 0 Å². The first-order valence-electron chi connectivity index (χ1n) is 9.73. The van der Waals surface area contributed by atoms with Crippen molar-refractivity contribution in [2.75, 3.05) is 5.32 Å². The third-order valence-electron chi connectivity index (χ3n) is 5.75. The van der Waals surface area contributed by atoms with Gasteiger partial charge in [-0.2, -0.15) is 0 Å². The second kappa shape index (κ2) is 7.09. The van der Waals surface area contributed by atoms with Gasteiger partial charge in [-0.15, -0.1) is 0 Å². The van der Waals surface area contributed by atoms with E-state index in [0.717, 1.165) is 29.2 Å². The summed E-state index contributed by atoms with van der Waals surface area (Å²) < 4.78 is 6.02. The highest BCUT2D eigenvalue weighted by molar-refractivity contribution is 5.62. The molecule has 0 radical (unpaired) electrons. The highest BCUT2D eigenvalue weighted by atomic mass is 16.6. The number of nitro benzene ring substituents is 1. The molecular formula is C24H20N2O3. The monoisotopic (exact) mass is 384 g/mol. The van der Waals surface area contributed by atoms with Gasteiger partial charge in [-0.25, -0.2) is 0 Å². The minimum Gasteiger partial charge on any atom is -0.457 e. The first-order valence-corrected chi connectivity index (χ1v) is 9.73. The molecule has 29 heavy (non-hydrogen) atoms. The van der Waals surface area contributed by atoms with Gasteiger partial charge in [0.05, 0.1) is 11.0 Å². The van der Waals surface area contributed by atoms with Gasteiger partial charge in [-0.1, -0.05) is 42.5 Å². The molecule has 0 aromatic heterocycles. The molecule has 144 valence electrons. The Morgan fingerprint density at radius 2 is 1.83 bits per heavy atom. The summed E-state index contributed by atoms with van der Waals surface area (Å²) in [6, 6.07) is 22.8. The molecule has 3 atom stereocenters. The summed E-state index contributed by atoms with van der Waals surface area (Å²) in [6.07, 6.45) is 5.40. The standard InChI is InChI=1S/C24H20N2O3/c27-26(28)17-7-4-6-16(14-17)24-21-11-5-10-20(21)22-15-19(12-13-23(22)25-24)29-18-8-2-1-3-9-18/h1-10,12-15,20-21,24-25H,11H2. The van der Waals surface area contributed by atoms with E-state index in [0.29, 0.717) is 5.92 Å². The molecule has 0 amide bonds. The topological polar surface area (TPSA) is 64.4 Å². The molecule has 3 aromatic rings. The lowest BCUT2D eigenvalue weighted by atomic mass is 9.77. The van der Waals surface area contributed by atoms with Crippen LogP contribution in [0.5, 0.6) is 11.5 Å². The number of hydrogen-bond donors (Lipinski definition) is 1. The Morgan fingerprint density at radius 1 is 0.966 bits per heavy atom. The molecule has 2 aliphatic rings. The fraction of sp³-hybridized carbons (Fsp3) is 0.167. The highest BCUT2D eigenvalue weighted by Gasteiger charge is 2.38. The summed E-state index contributed by atoms with van der Waals surface area (Å²) in [4.78, 5) is 10.9. The predicted octanol–water partition coefficient (Wildman–Crippen LogP) is 6.21. The van der Waals surface area contributed by atoms with E-state index in [-0.39, 0.29) is 22.6 Å². The van der Waals surface area contributed by atoms with E-state index in [1.165, 1.54) is 11.6 Å². The van der Waals surface area contributed by atoms with Gasteiger partial charge < -0.3 is 10.1 Å². The average molecular weight is 384 g/mol. The van der Waals surface area contributed by atoms with E-state index in [4.69, 9.17) is 4.74 Å². The lowest BCUT2D eigenvalue weighted by Crippen LogP contribution is -2.29. The fourth-order valence-corrected chi connectivity index (χ4v) is 4.42. The fourth-order valence-electron chi connectivity index (χ4n) is 4.42. The first kappa shape index (κ1) is 17.5. The largest absolute Gasteiger partial charge is 0.457 e. The van der Waals surface area contributed by atoms with Gasteiger partial charge in [-0.05, 0) is 53.8 Å². The van der Waals surface area contributed by atoms with E-state index in [1.807, 2.05) is 48.5 Å². The van der Waals surface area contributed by atoms with Crippen LogP contribution in [0.3, 0.4) is 0 Å². The number of fused-ring (bicyclic) bond motifs is 3. The van der Waals surface area contributed by atoms with Gasteiger partial charge in [0.15, 0.2) is 0 Å². The van der Waals surface area contributed by atoms with Crippen LogP contribution in [0.25, 0.3) is 0 Å². The number of nitrogens with zero attached hydrogens (tertiary/aromatic N) is 1. The summed E-state index contributed by atoms with van der Waals surface area (Å²) in [7, 11) is 0. The molecule has 1 aliphatic heterocycles. The van der Waals surface area contributed by atoms with Crippen LogP contribution in [0.4, 0.5) is 11.4 Å². The van der Waals surface area contributed by atoms with Crippen molar-refractivity contribution in [2.45, 2.75) is 18.4 Å². The second-order valence-corrected chi connectivity index (χ2v) is 7.49. The molecular weight excluding hydrogens is 364 g/mol. The van der Waals surface area contributed by atoms with E-state index in [1.54, 1.807) is 12.1 Å². The predicted molar refractivity (Wildman–Crippen MR) is 112 cm³/mol. The molecule has 1 aliphatic carbocycles. The molecule has 0 spiro atoms. The summed E-state index contributed by atoms with van der Waals surface area (Å²) >= 11 is 0. The second-order valence-electron chi connectivity index (χ2n) is 7.49. The van der Waals surface area contributed by atoms with Crippen LogP contribution in [-0.4, -0.2) is 4.92 Å². The van der Waals surface area contributed by atoms with E-state index in [9.17, 15) is 10.1 Å². The zero-order valence-electron chi connectivity index (χ0n) is 15.7. The smallest absolute Gasteiger partial charge is 0.269 e. The number of hydrogen-bond acceptors (Lipinski definition) is 4. The number of rotatable bonds is 4. The van der Waals surface area contributed by atoms with Gasteiger partial charge >= 0.3 is 0 Å². The molecule has 3 aromatic carbocycles. The average Bonchev–Trinajstić information content (AvgIpc) is 3.24. The van der Waals surface area contributed by atoms with Crippen LogP contribution in [0.1, 0.15) is 29.5 Å². The third kappa shape index (κ3) is 3.25. The Morgan fingerprint density at radius 3 is 2.66 bits per heavy atom. The van der Waals surface area contributed by atoms with Crippen molar-refractivity contribution >= 4 is 11.4 Å². The number of nitrogens with one attached hydrogen (secondary N) is 1. The Bertz CT molecular complexity index is 1090. The number of ether oxygens (including phenoxy) is 1. The minimum atomic E-state index is -0.335. The summed E-state index contributed by atoms with van der Waals surface area (Å²) in [5.41, 5.74) is 3.34. The molecule has 3 unspecified atom stereocenters. The summed E-state index contributed by atoms with van der Waals surface area (Å²) in [5, 5.41) is 14.8. The Kier molecular flexibility index (Phi) is 4.28. The van der Waals surface area contributed by atoms with E-state index >= 15 is 0 Å². The maximum atomic E-state index is 11.2. The van der Waals surface area contributed by atoms with Crippen molar-refractivity contribution in [3.8, 4) is 11.5 Å². The Balaban J connectivity index is 1.48. The summed E-state index contributed by atoms with van der Waals surface area (Å²) in [5.74, 6) is 2.19. The molecule has 1 N–H and O–H groups in total. The maximum Gasteiger partial charge on any atom is 0.269 e. The lowest BCUT2D eigenvalue weighted by molar-refractivity contribution is -0.384. The van der Waals surface area contributed by atoms with Crippen molar-refractivity contribution in [3.05, 3.63) is 106 Å². The Labute approximate surface area is 168 Å². The van der Waals surface area contributed by atoms with Crippen molar-refractivity contribution in [1.82, 2.24) is 0 Å². The van der Waals surface area contributed by atoms with Gasteiger partial charge in [0.25, 0.3) is 5.69 Å². The van der Waals surface area contributed by atoms with Crippen molar-refractivity contribution in [2.24, 2.45) is 5.92 Å². The molecule has 1 heterocycles. The molecule has 5 heteroatoms. The molecule has 0 saturated heterocycles. The number of benzene rings is 3. The number of para-hydroxylation sites is 1. The quantitative estimate of drug-likeness (QED) is 0.330. The van der Waals surface area contributed by atoms with Crippen molar-refractivity contribution < 1.29 is 9.66 Å². The van der Waals surface area contributed by atoms with E-state index in [2.05, 4.69) is 23.5 Å². The van der Waals surface area contributed by atoms with Gasteiger partial charge in [-0.3, -0.25) is 10.1 Å². The van der Waals surface area contributed by atoms with Gasteiger partial charge in [0, 0.05) is 23.7 Å². The summed E-state index contributed by atoms with van der Waals surface area (Å²) in [6.45, 7) is 0. The Hall–Kier alpha value is -3.60. The van der Waals surface area contributed by atoms with Crippen LogP contribution >= 0.6 is 0 Å². The van der Waals surface area contributed by atoms with Crippen molar-refractivity contribution in [1.29, 1.82) is 0 Å². The van der Waals surface area contributed by atoms with Crippen LogP contribution < -0.4 is 10.1 Å². The third-order valence-corrected chi connectivity index (χ3v) is 5.75. The molecule has 0 fully saturated rings. The van der Waals surface area contributed by atoms with Crippen molar-refractivity contribution in [3.63, 3.8) is 0 Å². The van der Waals surface area contributed by atoms with Crippen LogP contribution in [0, 0.1) is 16.0 Å².